The highest BCUT2D eigenvalue weighted by Gasteiger charge is 2.43. The number of anilines is 1. The van der Waals surface area contributed by atoms with E-state index in [1.54, 1.807) is 11.2 Å². The molecule has 2 aromatic heterocycles. The van der Waals surface area contributed by atoms with Gasteiger partial charge < -0.3 is 19.4 Å². The highest BCUT2D eigenvalue weighted by molar-refractivity contribution is 6.29. The largest absolute Gasteiger partial charge is 0.379 e. The van der Waals surface area contributed by atoms with Crippen LogP contribution >= 0.6 is 11.6 Å². The number of rotatable bonds is 8. The number of aryl methyl sites for hydroxylation is 1. The summed E-state index contributed by atoms with van der Waals surface area (Å²) in [5.74, 6) is 1.41. The molecule has 2 fully saturated rings. The molecule has 10 heteroatoms. The van der Waals surface area contributed by atoms with Crippen LogP contribution in [-0.2, 0) is 41.4 Å². The van der Waals surface area contributed by atoms with Gasteiger partial charge in [-0.25, -0.2) is 4.98 Å². The van der Waals surface area contributed by atoms with Crippen molar-refractivity contribution in [3.63, 3.8) is 0 Å². The standard InChI is InChI=1S/C26H29ClN6O3/c1-32-16-29-31-24(32)10-26(14-35-15-26)19-5-4-18-13-33(25(34)21(18)9-19)23-8-17(7-22(27)30-23)11-28-12-20-3-2-6-36-20/h4-5,7-9,16,20,28H,2-3,6,10-15H2,1H3/t20-/m0/s1. The Kier molecular flexibility index (Phi) is 6.25. The number of nitrogens with zero attached hydrogens (tertiary/aromatic N) is 5. The molecular weight excluding hydrogens is 480 g/mol. The van der Waals surface area contributed by atoms with Crippen LogP contribution < -0.4 is 10.2 Å². The summed E-state index contributed by atoms with van der Waals surface area (Å²) < 4.78 is 13.2. The molecule has 6 rings (SSSR count). The number of hydrogen-bond donors (Lipinski definition) is 1. The van der Waals surface area contributed by atoms with Crippen molar-refractivity contribution in [2.24, 2.45) is 7.05 Å². The molecule has 0 saturated carbocycles. The Morgan fingerprint density at radius 3 is 2.86 bits per heavy atom. The number of nitrogens with one attached hydrogen (secondary N) is 1. The summed E-state index contributed by atoms with van der Waals surface area (Å²) in [5.41, 5.74) is 3.55. The fourth-order valence-electron chi connectivity index (χ4n) is 5.26. The Bertz CT molecular complexity index is 1280. The Morgan fingerprint density at radius 2 is 2.14 bits per heavy atom. The monoisotopic (exact) mass is 508 g/mol. The van der Waals surface area contributed by atoms with E-state index >= 15 is 0 Å². The van der Waals surface area contributed by atoms with Gasteiger partial charge in [-0.15, -0.1) is 10.2 Å². The van der Waals surface area contributed by atoms with Gasteiger partial charge in [-0.2, -0.15) is 0 Å². The quantitative estimate of drug-likeness (QED) is 0.467. The van der Waals surface area contributed by atoms with E-state index in [-0.39, 0.29) is 17.4 Å². The molecule has 36 heavy (non-hydrogen) atoms. The zero-order chi connectivity index (χ0) is 24.7. The van der Waals surface area contributed by atoms with Crippen molar-refractivity contribution in [3.8, 4) is 0 Å². The minimum atomic E-state index is -0.209. The molecule has 1 amide bonds. The van der Waals surface area contributed by atoms with Crippen molar-refractivity contribution in [2.45, 2.75) is 43.9 Å². The maximum Gasteiger partial charge on any atom is 0.260 e. The molecule has 2 saturated heterocycles. The maximum atomic E-state index is 13.5. The van der Waals surface area contributed by atoms with E-state index in [1.165, 1.54) is 0 Å². The maximum absolute atomic E-state index is 13.5. The van der Waals surface area contributed by atoms with Crippen LogP contribution in [0.1, 0.15) is 45.7 Å². The minimum Gasteiger partial charge on any atom is -0.379 e. The summed E-state index contributed by atoms with van der Waals surface area (Å²) in [5, 5.41) is 12.1. The van der Waals surface area contributed by atoms with Crippen molar-refractivity contribution in [1.82, 2.24) is 25.1 Å². The molecule has 0 unspecified atom stereocenters. The average molecular weight is 509 g/mol. The predicted molar refractivity (Wildman–Crippen MR) is 134 cm³/mol. The average Bonchev–Trinajstić information content (AvgIpc) is 3.57. The number of carbonyl (C=O) groups excluding carboxylic acids is 1. The third-order valence-corrected chi connectivity index (χ3v) is 7.62. The van der Waals surface area contributed by atoms with Gasteiger partial charge in [0, 0.05) is 44.1 Å². The molecule has 1 aromatic carbocycles. The SMILES string of the molecule is Cn1cnnc1CC1(c2ccc3c(c2)C(=O)N(c2cc(CNC[C@@H]4CCCO4)cc(Cl)n2)C3)COC1. The topological polar surface area (TPSA) is 94.4 Å². The predicted octanol–water partition coefficient (Wildman–Crippen LogP) is 2.80. The number of pyridine rings is 1. The van der Waals surface area contributed by atoms with Gasteiger partial charge in [0.05, 0.1) is 25.9 Å². The van der Waals surface area contributed by atoms with Gasteiger partial charge in [0.1, 0.15) is 23.1 Å². The lowest BCUT2D eigenvalue weighted by atomic mass is 9.75. The number of amides is 1. The Morgan fingerprint density at radius 1 is 1.25 bits per heavy atom. The molecule has 0 bridgehead atoms. The third-order valence-electron chi connectivity index (χ3n) is 7.43. The molecule has 1 N–H and O–H groups in total. The summed E-state index contributed by atoms with van der Waals surface area (Å²) >= 11 is 6.36. The lowest BCUT2D eigenvalue weighted by molar-refractivity contribution is -0.0611. The number of aromatic nitrogens is 4. The van der Waals surface area contributed by atoms with Crippen molar-refractivity contribution in [3.05, 3.63) is 69.9 Å². The van der Waals surface area contributed by atoms with Crippen LogP contribution in [0.2, 0.25) is 5.15 Å². The molecule has 0 radical (unpaired) electrons. The van der Waals surface area contributed by atoms with Crippen LogP contribution in [0.3, 0.4) is 0 Å². The molecule has 188 valence electrons. The Labute approximate surface area is 214 Å². The fourth-order valence-corrected chi connectivity index (χ4v) is 5.49. The second-order valence-corrected chi connectivity index (χ2v) is 10.4. The van der Waals surface area contributed by atoms with Gasteiger partial charge in [0.15, 0.2) is 0 Å². The number of fused-ring (bicyclic) bond motifs is 1. The number of halogens is 1. The molecule has 0 aliphatic carbocycles. The summed E-state index contributed by atoms with van der Waals surface area (Å²) in [6.07, 6.45) is 4.88. The minimum absolute atomic E-state index is 0.0612. The molecule has 0 spiro atoms. The normalized spacial score (nSPS) is 20.6. The highest BCUT2D eigenvalue weighted by atomic mass is 35.5. The highest BCUT2D eigenvalue weighted by Crippen LogP contribution is 2.38. The molecule has 3 aliphatic heterocycles. The summed E-state index contributed by atoms with van der Waals surface area (Å²) in [4.78, 5) is 19.7. The number of ether oxygens (including phenoxy) is 2. The van der Waals surface area contributed by atoms with Crippen molar-refractivity contribution in [1.29, 1.82) is 0 Å². The molecule has 5 heterocycles. The molecule has 1 atom stereocenters. The second kappa shape index (κ2) is 9.55. The van der Waals surface area contributed by atoms with Gasteiger partial charge >= 0.3 is 0 Å². The first kappa shape index (κ1) is 23.5. The van der Waals surface area contributed by atoms with Gasteiger partial charge in [0.25, 0.3) is 5.91 Å². The first-order valence-electron chi connectivity index (χ1n) is 12.4. The summed E-state index contributed by atoms with van der Waals surface area (Å²) in [6, 6.07) is 9.96. The van der Waals surface area contributed by atoms with Crippen molar-refractivity contribution < 1.29 is 14.3 Å². The number of carbonyl (C=O) groups is 1. The summed E-state index contributed by atoms with van der Waals surface area (Å²) in [7, 11) is 1.94. The second-order valence-electron chi connectivity index (χ2n) is 9.99. The molecule has 3 aromatic rings. The number of hydrogen-bond acceptors (Lipinski definition) is 7. The molecule has 9 nitrogen and oxygen atoms in total. The van der Waals surface area contributed by atoms with Crippen LogP contribution in [0.25, 0.3) is 0 Å². The first-order chi connectivity index (χ1) is 17.5. The zero-order valence-electron chi connectivity index (χ0n) is 20.2. The van der Waals surface area contributed by atoms with E-state index in [0.717, 1.165) is 48.5 Å². The van der Waals surface area contributed by atoms with Crippen LogP contribution in [0.4, 0.5) is 5.82 Å². The first-order valence-corrected chi connectivity index (χ1v) is 12.7. The molecular formula is C26H29ClN6O3. The van der Waals surface area contributed by atoms with Crippen LogP contribution in [0, 0.1) is 0 Å². The van der Waals surface area contributed by atoms with Crippen molar-refractivity contribution in [2.75, 3.05) is 31.3 Å². The Balaban J connectivity index is 1.20. The van der Waals surface area contributed by atoms with Gasteiger partial charge in [-0.1, -0.05) is 23.7 Å². The van der Waals surface area contributed by atoms with E-state index < -0.39 is 0 Å². The van der Waals surface area contributed by atoms with Gasteiger partial charge in [0.2, 0.25) is 0 Å². The van der Waals surface area contributed by atoms with Crippen LogP contribution in [0.15, 0.2) is 36.7 Å². The van der Waals surface area contributed by atoms with E-state index in [2.05, 4.69) is 26.6 Å². The zero-order valence-corrected chi connectivity index (χ0v) is 21.0. The van der Waals surface area contributed by atoms with Gasteiger partial charge in [-0.3, -0.25) is 9.69 Å². The van der Waals surface area contributed by atoms with Gasteiger partial charge in [-0.05, 0) is 47.7 Å². The lowest BCUT2D eigenvalue weighted by Gasteiger charge is -2.41. The summed E-state index contributed by atoms with van der Waals surface area (Å²) in [6.45, 7) is 3.93. The number of benzene rings is 1. The fraction of sp³-hybridized carbons (Fsp3) is 0.462. The van der Waals surface area contributed by atoms with Crippen molar-refractivity contribution >= 4 is 23.3 Å². The van der Waals surface area contributed by atoms with E-state index in [0.29, 0.717) is 49.3 Å². The van der Waals surface area contributed by atoms with E-state index in [1.807, 2.05) is 35.9 Å². The lowest BCUT2D eigenvalue weighted by Crippen LogP contribution is -2.49. The Hall–Kier alpha value is -2.85. The third kappa shape index (κ3) is 4.41. The van der Waals surface area contributed by atoms with Crippen LogP contribution in [-0.4, -0.2) is 58.1 Å². The van der Waals surface area contributed by atoms with E-state index in [4.69, 9.17) is 21.1 Å². The smallest absolute Gasteiger partial charge is 0.260 e. The molecule has 3 aliphatic rings. The van der Waals surface area contributed by atoms with Crippen LogP contribution in [0.5, 0.6) is 0 Å². The van der Waals surface area contributed by atoms with E-state index in [9.17, 15) is 4.79 Å².